The van der Waals surface area contributed by atoms with Gasteiger partial charge >= 0.3 is 11.9 Å². The third-order valence-electron chi connectivity index (χ3n) is 3.33. The minimum atomic E-state index is -1.51. The van der Waals surface area contributed by atoms with Crippen LogP contribution >= 0.6 is 0 Å². The molecule has 0 fully saturated rings. The van der Waals surface area contributed by atoms with Crippen molar-refractivity contribution in [3.63, 3.8) is 0 Å². The Morgan fingerprint density at radius 2 is 1.85 bits per heavy atom. The molecule has 0 saturated carbocycles. The fourth-order valence-electron chi connectivity index (χ4n) is 2.06. The van der Waals surface area contributed by atoms with Crippen LogP contribution in [0.15, 0.2) is 30.3 Å². The smallest absolute Gasteiger partial charge is 0.336 e. The average Bonchev–Trinajstić information content (AvgIpc) is 2.46. The third kappa shape index (κ3) is 4.35. The molecule has 5 heteroatoms. The highest BCUT2D eigenvalue weighted by molar-refractivity contribution is 5.84. The number of carbonyl (C=O) groups excluding carboxylic acids is 1. The van der Waals surface area contributed by atoms with Crippen LogP contribution in [0.25, 0.3) is 0 Å². The summed E-state index contributed by atoms with van der Waals surface area (Å²) in [6.07, 6.45) is 1.31. The molecule has 1 aromatic carbocycles. The second kappa shape index (κ2) is 7.65. The Hall–Kier alpha value is -1.88. The van der Waals surface area contributed by atoms with Crippen LogP contribution in [0.1, 0.15) is 24.8 Å². The van der Waals surface area contributed by atoms with E-state index in [0.717, 1.165) is 12.0 Å². The van der Waals surface area contributed by atoms with Crippen molar-refractivity contribution in [1.29, 1.82) is 0 Å². The van der Waals surface area contributed by atoms with Gasteiger partial charge in [-0.15, -0.1) is 0 Å². The van der Waals surface area contributed by atoms with E-state index in [1.54, 1.807) is 0 Å². The van der Waals surface area contributed by atoms with E-state index in [1.165, 1.54) is 14.2 Å². The van der Waals surface area contributed by atoms with Gasteiger partial charge in [-0.05, 0) is 24.8 Å². The normalized spacial score (nSPS) is 13.5. The summed E-state index contributed by atoms with van der Waals surface area (Å²) in [5.74, 6) is -1.73. The highest BCUT2D eigenvalue weighted by Gasteiger charge is 2.40. The van der Waals surface area contributed by atoms with E-state index in [0.29, 0.717) is 6.42 Å². The Morgan fingerprint density at radius 3 is 2.35 bits per heavy atom. The second-order valence-corrected chi connectivity index (χ2v) is 4.60. The molecule has 1 atom stereocenters. The van der Waals surface area contributed by atoms with Crippen molar-refractivity contribution in [2.24, 2.45) is 0 Å². The SMILES string of the molecule is COC(=O)CC(CCCc1ccccc1)(OC)C(=O)O. The third-order valence-corrected chi connectivity index (χ3v) is 3.33. The molecule has 5 nitrogen and oxygen atoms in total. The van der Waals surface area contributed by atoms with Crippen molar-refractivity contribution in [2.45, 2.75) is 31.3 Å². The molecule has 20 heavy (non-hydrogen) atoms. The quantitative estimate of drug-likeness (QED) is 0.738. The van der Waals surface area contributed by atoms with E-state index in [2.05, 4.69) is 4.74 Å². The summed E-state index contributed by atoms with van der Waals surface area (Å²) in [6.45, 7) is 0. The largest absolute Gasteiger partial charge is 0.479 e. The van der Waals surface area contributed by atoms with Crippen LogP contribution in [-0.2, 0) is 25.5 Å². The van der Waals surface area contributed by atoms with Gasteiger partial charge in [-0.2, -0.15) is 0 Å². The fraction of sp³-hybridized carbons (Fsp3) is 0.467. The topological polar surface area (TPSA) is 72.8 Å². The van der Waals surface area contributed by atoms with Gasteiger partial charge in [0, 0.05) is 7.11 Å². The first-order valence-corrected chi connectivity index (χ1v) is 6.43. The van der Waals surface area contributed by atoms with E-state index >= 15 is 0 Å². The van der Waals surface area contributed by atoms with Crippen LogP contribution in [0.5, 0.6) is 0 Å². The summed E-state index contributed by atoms with van der Waals surface area (Å²) >= 11 is 0. The van der Waals surface area contributed by atoms with Gasteiger partial charge in [-0.25, -0.2) is 4.79 Å². The van der Waals surface area contributed by atoms with Crippen LogP contribution in [0, 0.1) is 0 Å². The zero-order valence-corrected chi connectivity index (χ0v) is 11.8. The zero-order chi connectivity index (χ0) is 15.0. The highest BCUT2D eigenvalue weighted by atomic mass is 16.5. The van der Waals surface area contributed by atoms with Crippen molar-refractivity contribution < 1.29 is 24.2 Å². The van der Waals surface area contributed by atoms with E-state index in [-0.39, 0.29) is 12.8 Å². The molecule has 0 radical (unpaired) electrons. The van der Waals surface area contributed by atoms with Crippen LogP contribution in [0.4, 0.5) is 0 Å². The van der Waals surface area contributed by atoms with Crippen LogP contribution in [0.2, 0.25) is 0 Å². The van der Waals surface area contributed by atoms with Crippen LogP contribution < -0.4 is 0 Å². The van der Waals surface area contributed by atoms with Crippen molar-refractivity contribution in [3.8, 4) is 0 Å². The minimum absolute atomic E-state index is 0.253. The maximum absolute atomic E-state index is 11.4. The van der Waals surface area contributed by atoms with Crippen LogP contribution in [0.3, 0.4) is 0 Å². The lowest BCUT2D eigenvalue weighted by Gasteiger charge is -2.26. The molecule has 0 bridgehead atoms. The van der Waals surface area contributed by atoms with Gasteiger partial charge in [0.05, 0.1) is 13.5 Å². The van der Waals surface area contributed by atoms with E-state index in [9.17, 15) is 14.7 Å². The molecule has 0 spiro atoms. The van der Waals surface area contributed by atoms with Crippen molar-refractivity contribution in [3.05, 3.63) is 35.9 Å². The Morgan fingerprint density at radius 1 is 1.20 bits per heavy atom. The number of ether oxygens (including phenoxy) is 2. The number of esters is 1. The van der Waals surface area contributed by atoms with Gasteiger partial charge in [0.2, 0.25) is 0 Å². The van der Waals surface area contributed by atoms with Gasteiger partial charge in [-0.3, -0.25) is 4.79 Å². The minimum Gasteiger partial charge on any atom is -0.479 e. The molecule has 0 heterocycles. The van der Waals surface area contributed by atoms with Gasteiger partial charge in [0.1, 0.15) is 0 Å². The molecule has 0 aromatic heterocycles. The summed E-state index contributed by atoms with van der Waals surface area (Å²) in [4.78, 5) is 22.8. The number of methoxy groups -OCH3 is 2. The maximum atomic E-state index is 11.4. The first kappa shape index (κ1) is 16.2. The average molecular weight is 280 g/mol. The van der Waals surface area contributed by atoms with E-state index in [1.807, 2.05) is 30.3 Å². The van der Waals surface area contributed by atoms with E-state index in [4.69, 9.17) is 4.74 Å². The first-order chi connectivity index (χ1) is 9.54. The number of aliphatic carboxylic acids is 1. The molecule has 0 amide bonds. The molecule has 0 aliphatic carbocycles. The van der Waals surface area contributed by atoms with Gasteiger partial charge in [0.15, 0.2) is 5.60 Å². The number of benzene rings is 1. The second-order valence-electron chi connectivity index (χ2n) is 4.60. The predicted molar refractivity (Wildman–Crippen MR) is 73.4 cm³/mol. The molecule has 0 saturated heterocycles. The van der Waals surface area contributed by atoms with Crippen molar-refractivity contribution in [2.75, 3.05) is 14.2 Å². The standard InChI is InChI=1S/C15H20O5/c1-19-13(16)11-15(20-2,14(17)18)10-6-9-12-7-4-3-5-8-12/h3-5,7-8H,6,9-11H2,1-2H3,(H,17,18). The Bertz CT molecular complexity index is 443. The fourth-order valence-corrected chi connectivity index (χ4v) is 2.06. The van der Waals surface area contributed by atoms with Gasteiger partial charge in [-0.1, -0.05) is 30.3 Å². The molecule has 1 N–H and O–H groups in total. The molecule has 0 aliphatic heterocycles. The number of rotatable bonds is 8. The van der Waals surface area contributed by atoms with Gasteiger partial charge in [0.25, 0.3) is 0 Å². The monoisotopic (exact) mass is 280 g/mol. The maximum Gasteiger partial charge on any atom is 0.336 e. The summed E-state index contributed by atoms with van der Waals surface area (Å²) in [7, 11) is 2.54. The Balaban J connectivity index is 2.65. The number of carbonyl (C=O) groups is 2. The van der Waals surface area contributed by atoms with Crippen molar-refractivity contribution in [1.82, 2.24) is 0 Å². The Kier molecular flexibility index (Phi) is 6.18. The molecular weight excluding hydrogens is 260 g/mol. The predicted octanol–water partition coefficient (Wildman–Crippen LogP) is 2.04. The lowest BCUT2D eigenvalue weighted by Crippen LogP contribution is -2.43. The summed E-state index contributed by atoms with van der Waals surface area (Å²) in [6, 6.07) is 9.76. The molecule has 1 rings (SSSR count). The summed E-state index contributed by atoms with van der Waals surface area (Å²) in [5.41, 5.74) is -0.386. The number of aryl methyl sites for hydroxylation is 1. The Labute approximate surface area is 118 Å². The van der Waals surface area contributed by atoms with Crippen molar-refractivity contribution >= 4 is 11.9 Å². The molecule has 110 valence electrons. The number of hydrogen-bond donors (Lipinski definition) is 1. The van der Waals surface area contributed by atoms with Crippen LogP contribution in [-0.4, -0.2) is 36.9 Å². The summed E-state index contributed by atoms with van der Waals surface area (Å²) in [5, 5.41) is 9.33. The van der Waals surface area contributed by atoms with E-state index < -0.39 is 17.5 Å². The molecule has 1 aromatic rings. The lowest BCUT2D eigenvalue weighted by molar-refractivity contribution is -0.171. The molecule has 0 aliphatic rings. The zero-order valence-electron chi connectivity index (χ0n) is 11.8. The first-order valence-electron chi connectivity index (χ1n) is 6.43. The van der Waals surface area contributed by atoms with Gasteiger partial charge < -0.3 is 14.6 Å². The molecular formula is C15H20O5. The summed E-state index contributed by atoms with van der Waals surface area (Å²) < 4.78 is 9.65. The number of carboxylic acids is 1. The highest BCUT2D eigenvalue weighted by Crippen LogP contribution is 2.24. The molecule has 1 unspecified atom stereocenters. The number of hydrogen-bond acceptors (Lipinski definition) is 4. The lowest BCUT2D eigenvalue weighted by atomic mass is 9.91. The number of carboxylic acid groups (broad SMARTS) is 1.